The van der Waals surface area contributed by atoms with E-state index in [2.05, 4.69) is 5.16 Å². The summed E-state index contributed by atoms with van der Waals surface area (Å²) in [6.07, 6.45) is 5.62. The zero-order valence-electron chi connectivity index (χ0n) is 8.57. The molecular formula is C11H17NO2. The Labute approximate surface area is 84.1 Å². The van der Waals surface area contributed by atoms with Crippen LogP contribution in [0.4, 0.5) is 0 Å². The van der Waals surface area contributed by atoms with Gasteiger partial charge in [0.2, 0.25) is 0 Å². The molecule has 0 aromatic carbocycles. The zero-order valence-corrected chi connectivity index (χ0v) is 8.57. The van der Waals surface area contributed by atoms with Crippen molar-refractivity contribution in [2.75, 3.05) is 7.11 Å². The Bertz CT molecular complexity index is 273. The van der Waals surface area contributed by atoms with Gasteiger partial charge in [-0.05, 0) is 43.9 Å². The van der Waals surface area contributed by atoms with Crippen LogP contribution in [0.1, 0.15) is 32.1 Å². The van der Waals surface area contributed by atoms with Gasteiger partial charge in [0.05, 0.1) is 5.71 Å². The fourth-order valence-electron chi connectivity index (χ4n) is 4.01. The molecule has 14 heavy (non-hydrogen) atoms. The van der Waals surface area contributed by atoms with Crippen LogP contribution < -0.4 is 0 Å². The molecule has 2 unspecified atom stereocenters. The first-order valence-electron chi connectivity index (χ1n) is 5.55. The SMILES string of the molecule is CO/N=C1\C2C[C@@H]3C[C@H](C2)CC1(O)C3. The lowest BCUT2D eigenvalue weighted by Gasteiger charge is -2.54. The first-order valence-corrected chi connectivity index (χ1v) is 5.55. The Hall–Kier alpha value is -0.570. The van der Waals surface area contributed by atoms with Crippen LogP contribution >= 0.6 is 0 Å². The molecule has 4 aliphatic carbocycles. The molecule has 0 aromatic heterocycles. The molecule has 1 N–H and O–H groups in total. The second kappa shape index (κ2) is 2.72. The maximum absolute atomic E-state index is 10.5. The Morgan fingerprint density at radius 3 is 2.43 bits per heavy atom. The Morgan fingerprint density at radius 2 is 1.93 bits per heavy atom. The highest BCUT2D eigenvalue weighted by atomic mass is 16.6. The standard InChI is InChI=1S/C11H17NO2/c1-14-12-10-9-3-7-2-8(4-9)6-11(10,13)5-7/h7-9,13H,2-6H2,1H3/b12-10+/t7-,8+,9?,11?. The molecule has 4 rings (SSSR count). The maximum atomic E-state index is 10.5. The van der Waals surface area contributed by atoms with Crippen molar-refractivity contribution in [3.63, 3.8) is 0 Å². The third-order valence-electron chi connectivity index (χ3n) is 4.21. The predicted molar refractivity (Wildman–Crippen MR) is 52.9 cm³/mol. The summed E-state index contributed by atoms with van der Waals surface area (Å²) in [7, 11) is 1.57. The third kappa shape index (κ3) is 1.05. The van der Waals surface area contributed by atoms with Gasteiger partial charge in [-0.3, -0.25) is 0 Å². The molecule has 4 fully saturated rings. The lowest BCUT2D eigenvalue weighted by atomic mass is 9.53. The summed E-state index contributed by atoms with van der Waals surface area (Å²) in [6, 6.07) is 0. The molecule has 4 atom stereocenters. The average molecular weight is 195 g/mol. The molecule has 4 saturated carbocycles. The first kappa shape index (κ1) is 8.72. The van der Waals surface area contributed by atoms with Gasteiger partial charge >= 0.3 is 0 Å². The lowest BCUT2D eigenvalue weighted by molar-refractivity contribution is -0.0408. The van der Waals surface area contributed by atoms with Crippen molar-refractivity contribution >= 4 is 5.71 Å². The minimum Gasteiger partial charge on any atom is -0.399 e. The van der Waals surface area contributed by atoms with E-state index in [1.807, 2.05) is 0 Å². The highest BCUT2D eigenvalue weighted by Gasteiger charge is 2.54. The van der Waals surface area contributed by atoms with Gasteiger partial charge in [-0.1, -0.05) is 5.16 Å². The summed E-state index contributed by atoms with van der Waals surface area (Å²) in [5, 5.41) is 14.5. The highest BCUT2D eigenvalue weighted by molar-refractivity contribution is 5.95. The molecule has 0 aliphatic heterocycles. The number of hydrogen-bond acceptors (Lipinski definition) is 3. The van der Waals surface area contributed by atoms with E-state index < -0.39 is 5.60 Å². The first-order chi connectivity index (χ1) is 6.71. The van der Waals surface area contributed by atoms with Gasteiger partial charge in [0, 0.05) is 5.92 Å². The minimum absolute atomic E-state index is 0.506. The Morgan fingerprint density at radius 1 is 1.29 bits per heavy atom. The van der Waals surface area contributed by atoms with Crippen LogP contribution in [0.3, 0.4) is 0 Å². The number of nitrogens with zero attached hydrogens (tertiary/aromatic N) is 1. The molecule has 0 amide bonds. The monoisotopic (exact) mass is 195 g/mol. The van der Waals surface area contributed by atoms with E-state index in [-0.39, 0.29) is 0 Å². The second-order valence-electron chi connectivity index (χ2n) is 5.24. The van der Waals surface area contributed by atoms with Crippen molar-refractivity contribution in [2.24, 2.45) is 22.9 Å². The number of hydrogen-bond donors (Lipinski definition) is 1. The van der Waals surface area contributed by atoms with Crippen LogP contribution in [0.25, 0.3) is 0 Å². The van der Waals surface area contributed by atoms with Crippen LogP contribution in [0.5, 0.6) is 0 Å². The molecule has 0 radical (unpaired) electrons. The molecule has 4 bridgehead atoms. The van der Waals surface area contributed by atoms with Crippen LogP contribution in [0, 0.1) is 17.8 Å². The van der Waals surface area contributed by atoms with Gasteiger partial charge in [-0.25, -0.2) is 0 Å². The minimum atomic E-state index is -0.606. The average Bonchev–Trinajstić information content (AvgIpc) is 2.09. The molecule has 0 aromatic rings. The van der Waals surface area contributed by atoms with Crippen LogP contribution in [0.2, 0.25) is 0 Å². The van der Waals surface area contributed by atoms with E-state index in [1.165, 1.54) is 19.3 Å². The van der Waals surface area contributed by atoms with Crippen molar-refractivity contribution in [1.29, 1.82) is 0 Å². The largest absolute Gasteiger partial charge is 0.399 e. The maximum Gasteiger partial charge on any atom is 0.107 e. The smallest absolute Gasteiger partial charge is 0.107 e. The number of aliphatic hydroxyl groups is 1. The molecule has 0 spiro atoms. The molecule has 3 nitrogen and oxygen atoms in total. The molecular weight excluding hydrogens is 178 g/mol. The Kier molecular flexibility index (Phi) is 1.69. The van der Waals surface area contributed by atoms with Crippen molar-refractivity contribution in [1.82, 2.24) is 0 Å². The summed E-state index contributed by atoms with van der Waals surface area (Å²) < 4.78 is 0. The summed E-state index contributed by atoms with van der Waals surface area (Å²) in [5.41, 5.74) is 0.331. The fourth-order valence-corrected chi connectivity index (χ4v) is 4.01. The predicted octanol–water partition coefficient (Wildman–Crippen LogP) is 1.56. The van der Waals surface area contributed by atoms with Gasteiger partial charge in [-0.2, -0.15) is 0 Å². The van der Waals surface area contributed by atoms with Gasteiger partial charge in [-0.15, -0.1) is 0 Å². The van der Waals surface area contributed by atoms with Gasteiger partial charge in [0.15, 0.2) is 0 Å². The number of oxime groups is 1. The van der Waals surface area contributed by atoms with Crippen LogP contribution in [-0.2, 0) is 4.84 Å². The second-order valence-corrected chi connectivity index (χ2v) is 5.24. The zero-order chi connectivity index (χ0) is 9.76. The topological polar surface area (TPSA) is 41.8 Å². The molecule has 4 aliphatic rings. The van der Waals surface area contributed by atoms with Crippen molar-refractivity contribution in [3.8, 4) is 0 Å². The van der Waals surface area contributed by atoms with E-state index in [9.17, 15) is 5.11 Å². The highest BCUT2D eigenvalue weighted by Crippen LogP contribution is 2.54. The molecule has 3 heteroatoms. The lowest BCUT2D eigenvalue weighted by Crippen LogP contribution is -2.57. The van der Waals surface area contributed by atoms with E-state index in [0.29, 0.717) is 5.92 Å². The summed E-state index contributed by atoms with van der Waals surface area (Å²) in [5.74, 6) is 1.99. The normalized spacial score (nSPS) is 52.7. The van der Waals surface area contributed by atoms with E-state index in [1.54, 1.807) is 7.11 Å². The van der Waals surface area contributed by atoms with Crippen molar-refractivity contribution in [2.45, 2.75) is 37.7 Å². The Balaban J connectivity index is 1.98. The summed E-state index contributed by atoms with van der Waals surface area (Å²) >= 11 is 0. The van der Waals surface area contributed by atoms with E-state index in [0.717, 1.165) is 30.4 Å². The third-order valence-corrected chi connectivity index (χ3v) is 4.21. The number of rotatable bonds is 1. The van der Waals surface area contributed by atoms with Crippen LogP contribution in [-0.4, -0.2) is 23.5 Å². The molecule has 0 saturated heterocycles. The van der Waals surface area contributed by atoms with Crippen molar-refractivity contribution in [3.05, 3.63) is 0 Å². The van der Waals surface area contributed by atoms with Crippen LogP contribution in [0.15, 0.2) is 5.16 Å². The molecule has 78 valence electrons. The van der Waals surface area contributed by atoms with Crippen molar-refractivity contribution < 1.29 is 9.94 Å². The van der Waals surface area contributed by atoms with Gasteiger partial charge < -0.3 is 9.94 Å². The van der Waals surface area contributed by atoms with E-state index in [4.69, 9.17) is 4.84 Å². The quantitative estimate of drug-likeness (QED) is 0.645. The van der Waals surface area contributed by atoms with Gasteiger partial charge in [0.1, 0.15) is 12.7 Å². The molecule has 0 heterocycles. The van der Waals surface area contributed by atoms with Gasteiger partial charge in [0.25, 0.3) is 0 Å². The van der Waals surface area contributed by atoms with E-state index >= 15 is 0 Å². The summed E-state index contributed by atoms with van der Waals surface area (Å²) in [6.45, 7) is 0. The fraction of sp³-hybridized carbons (Fsp3) is 0.909. The summed E-state index contributed by atoms with van der Waals surface area (Å²) in [4.78, 5) is 4.86.